The van der Waals surface area contributed by atoms with Crippen molar-refractivity contribution in [3.05, 3.63) is 75.3 Å². The largest absolute Gasteiger partial charge is 0.465 e. The van der Waals surface area contributed by atoms with Crippen molar-refractivity contribution in [2.75, 3.05) is 12.9 Å². The molecule has 27 heavy (non-hydrogen) atoms. The van der Waals surface area contributed by atoms with Gasteiger partial charge in [0.1, 0.15) is 0 Å². The Balaban J connectivity index is 1.81. The van der Waals surface area contributed by atoms with Crippen LogP contribution in [0.5, 0.6) is 0 Å². The zero-order chi connectivity index (χ0) is 19.8. The Morgan fingerprint density at radius 2 is 1.93 bits per heavy atom. The highest BCUT2D eigenvalue weighted by molar-refractivity contribution is 8.00. The summed E-state index contributed by atoms with van der Waals surface area (Å²) in [4.78, 5) is 33.8. The van der Waals surface area contributed by atoms with Gasteiger partial charge in [-0.15, -0.1) is 11.8 Å². The Kier molecular flexibility index (Phi) is 7.36. The van der Waals surface area contributed by atoms with E-state index in [4.69, 9.17) is 0 Å². The van der Waals surface area contributed by atoms with Crippen molar-refractivity contribution in [1.82, 2.24) is 5.32 Å². The van der Waals surface area contributed by atoms with Gasteiger partial charge in [-0.1, -0.05) is 24.3 Å². The van der Waals surface area contributed by atoms with E-state index in [0.29, 0.717) is 12.1 Å². The first kappa shape index (κ1) is 20.4. The summed E-state index contributed by atoms with van der Waals surface area (Å²) in [5.74, 6) is -0.296. The Morgan fingerprint density at radius 3 is 2.56 bits per heavy atom. The van der Waals surface area contributed by atoms with Crippen molar-refractivity contribution in [2.24, 2.45) is 0 Å². The van der Waals surface area contributed by atoms with Crippen LogP contribution in [0.2, 0.25) is 0 Å². The summed E-state index contributed by atoms with van der Waals surface area (Å²) in [6, 6.07) is 13.2. The molecule has 0 aromatic heterocycles. The lowest BCUT2D eigenvalue weighted by Crippen LogP contribution is -2.24. The second-order valence-electron chi connectivity index (χ2n) is 5.77. The highest BCUT2D eigenvalue weighted by Gasteiger charge is 2.13. The third kappa shape index (κ3) is 6.10. The molecule has 0 heterocycles. The van der Waals surface area contributed by atoms with Gasteiger partial charge in [-0.2, -0.15) is 0 Å². The maximum absolute atomic E-state index is 12.0. The van der Waals surface area contributed by atoms with E-state index in [9.17, 15) is 19.7 Å². The van der Waals surface area contributed by atoms with Crippen molar-refractivity contribution < 1.29 is 19.2 Å². The van der Waals surface area contributed by atoms with Crippen molar-refractivity contribution in [1.29, 1.82) is 0 Å². The van der Waals surface area contributed by atoms with E-state index in [1.54, 1.807) is 30.3 Å². The number of nitro benzene ring substituents is 1. The van der Waals surface area contributed by atoms with Crippen molar-refractivity contribution in [3.8, 4) is 0 Å². The predicted octanol–water partition coefficient (Wildman–Crippen LogP) is 3.49. The van der Waals surface area contributed by atoms with Gasteiger partial charge in [-0.05, 0) is 30.2 Å². The summed E-state index contributed by atoms with van der Waals surface area (Å²) >= 11 is 1.41. The highest BCUT2D eigenvalue weighted by atomic mass is 32.2. The van der Waals surface area contributed by atoms with Gasteiger partial charge in [0, 0.05) is 23.9 Å². The Labute approximate surface area is 161 Å². The van der Waals surface area contributed by atoms with Gasteiger partial charge in [0.15, 0.2) is 0 Å². The summed E-state index contributed by atoms with van der Waals surface area (Å²) in [5.41, 5.74) is 2.17. The van der Waals surface area contributed by atoms with Crippen LogP contribution in [0.3, 0.4) is 0 Å². The highest BCUT2D eigenvalue weighted by Crippen LogP contribution is 2.29. The smallest absolute Gasteiger partial charge is 0.337 e. The molecule has 0 bridgehead atoms. The number of ether oxygens (including phenoxy) is 1. The third-order valence-corrected chi connectivity index (χ3v) is 5.08. The molecule has 0 unspecified atom stereocenters. The molecule has 2 aromatic rings. The minimum Gasteiger partial charge on any atom is -0.465 e. The lowest BCUT2D eigenvalue weighted by molar-refractivity contribution is -0.384. The fourth-order valence-electron chi connectivity index (χ4n) is 2.32. The van der Waals surface area contributed by atoms with Crippen LogP contribution < -0.4 is 5.32 Å². The van der Waals surface area contributed by atoms with Crippen LogP contribution in [0.15, 0.2) is 48.5 Å². The SMILES string of the molecule is COC(=O)c1ccc(CNC(=O)CS[C@@H](C)c2cccc([N+](=O)[O-])c2)cc1. The number of hydrogen-bond acceptors (Lipinski definition) is 6. The van der Waals surface area contributed by atoms with Gasteiger partial charge in [0.25, 0.3) is 5.69 Å². The Bertz CT molecular complexity index is 823. The third-order valence-electron chi connectivity index (χ3n) is 3.88. The quantitative estimate of drug-likeness (QED) is 0.422. The van der Waals surface area contributed by atoms with Crippen LogP contribution >= 0.6 is 11.8 Å². The molecule has 0 radical (unpaired) electrons. The number of carbonyl (C=O) groups is 2. The molecule has 0 saturated carbocycles. The molecule has 0 aliphatic carbocycles. The van der Waals surface area contributed by atoms with Crippen LogP contribution in [0.4, 0.5) is 5.69 Å². The second kappa shape index (κ2) is 9.72. The second-order valence-corrected chi connectivity index (χ2v) is 7.10. The molecular formula is C19H20N2O5S. The van der Waals surface area contributed by atoms with Crippen LogP contribution in [-0.4, -0.2) is 29.7 Å². The molecule has 0 aliphatic heterocycles. The van der Waals surface area contributed by atoms with Crippen LogP contribution in [0.25, 0.3) is 0 Å². The zero-order valence-corrected chi connectivity index (χ0v) is 15.8. The number of hydrogen-bond donors (Lipinski definition) is 1. The average Bonchev–Trinajstić information content (AvgIpc) is 2.70. The first-order chi connectivity index (χ1) is 12.9. The molecule has 0 fully saturated rings. The monoisotopic (exact) mass is 388 g/mol. The van der Waals surface area contributed by atoms with E-state index < -0.39 is 10.9 Å². The Morgan fingerprint density at radius 1 is 1.22 bits per heavy atom. The first-order valence-corrected chi connectivity index (χ1v) is 9.25. The van der Waals surface area contributed by atoms with E-state index in [2.05, 4.69) is 10.1 Å². The number of amides is 1. The molecule has 7 nitrogen and oxygen atoms in total. The van der Waals surface area contributed by atoms with E-state index in [0.717, 1.165) is 11.1 Å². The van der Waals surface area contributed by atoms with E-state index in [-0.39, 0.29) is 22.6 Å². The summed E-state index contributed by atoms with van der Waals surface area (Å²) in [6.07, 6.45) is 0. The average molecular weight is 388 g/mol. The molecule has 0 spiro atoms. The normalized spacial score (nSPS) is 11.5. The van der Waals surface area contributed by atoms with Crippen molar-refractivity contribution in [2.45, 2.75) is 18.7 Å². The number of nitrogens with one attached hydrogen (secondary N) is 1. The fourth-order valence-corrected chi connectivity index (χ4v) is 3.16. The molecule has 1 atom stereocenters. The van der Waals surface area contributed by atoms with Gasteiger partial charge in [-0.25, -0.2) is 4.79 Å². The molecule has 0 saturated heterocycles. The maximum Gasteiger partial charge on any atom is 0.337 e. The molecular weight excluding hydrogens is 368 g/mol. The van der Waals surface area contributed by atoms with Crippen LogP contribution in [-0.2, 0) is 16.1 Å². The number of carbonyl (C=O) groups excluding carboxylic acids is 2. The minimum atomic E-state index is -0.431. The molecule has 8 heteroatoms. The summed E-state index contributed by atoms with van der Waals surface area (Å²) in [7, 11) is 1.32. The van der Waals surface area contributed by atoms with E-state index >= 15 is 0 Å². The Hall–Kier alpha value is -2.87. The first-order valence-electron chi connectivity index (χ1n) is 8.20. The van der Waals surface area contributed by atoms with Crippen molar-refractivity contribution >= 4 is 29.3 Å². The van der Waals surface area contributed by atoms with Gasteiger partial charge >= 0.3 is 5.97 Å². The molecule has 2 rings (SSSR count). The lowest BCUT2D eigenvalue weighted by atomic mass is 10.1. The number of thioether (sulfide) groups is 1. The number of rotatable bonds is 8. The molecule has 2 aromatic carbocycles. The van der Waals surface area contributed by atoms with Gasteiger partial charge in [0.2, 0.25) is 5.91 Å². The van der Waals surface area contributed by atoms with E-state index in [1.165, 1.54) is 31.0 Å². The topological polar surface area (TPSA) is 98.5 Å². The van der Waals surface area contributed by atoms with Crippen LogP contribution in [0.1, 0.15) is 33.7 Å². The summed E-state index contributed by atoms with van der Waals surface area (Å²) in [5, 5.41) is 13.6. The molecule has 142 valence electrons. The number of esters is 1. The van der Waals surface area contributed by atoms with Gasteiger partial charge in [-0.3, -0.25) is 14.9 Å². The number of nitrogens with zero attached hydrogens (tertiary/aromatic N) is 1. The molecule has 1 N–H and O–H groups in total. The zero-order valence-electron chi connectivity index (χ0n) is 15.0. The van der Waals surface area contributed by atoms with Gasteiger partial charge in [0.05, 0.1) is 23.3 Å². The number of nitro groups is 1. The molecule has 1 amide bonds. The maximum atomic E-state index is 12.0. The number of benzene rings is 2. The fraction of sp³-hybridized carbons (Fsp3) is 0.263. The number of non-ortho nitro benzene ring substituents is 1. The molecule has 0 aliphatic rings. The summed E-state index contributed by atoms with van der Waals surface area (Å²) < 4.78 is 4.64. The van der Waals surface area contributed by atoms with E-state index in [1.807, 2.05) is 13.0 Å². The lowest BCUT2D eigenvalue weighted by Gasteiger charge is -2.12. The number of methoxy groups -OCH3 is 1. The van der Waals surface area contributed by atoms with Crippen molar-refractivity contribution in [3.63, 3.8) is 0 Å². The van der Waals surface area contributed by atoms with Crippen LogP contribution in [0, 0.1) is 10.1 Å². The van der Waals surface area contributed by atoms with Gasteiger partial charge < -0.3 is 10.1 Å². The predicted molar refractivity (Wildman–Crippen MR) is 104 cm³/mol. The standard InChI is InChI=1S/C19H20N2O5S/c1-13(16-4-3-5-17(10-16)21(24)25)27-12-18(22)20-11-14-6-8-15(9-7-14)19(23)26-2/h3-10,13H,11-12H2,1-2H3,(H,20,22)/t13-/m0/s1. The summed E-state index contributed by atoms with van der Waals surface area (Å²) in [6.45, 7) is 2.26. The minimum absolute atomic E-state index is 0.0415.